The SMILES string of the molecule is O=C(NCC(=O)N1CCCC(C(=O)Cc2ccccc2)C1)c1ccccc1. The molecule has 0 aromatic heterocycles. The molecule has 1 atom stereocenters. The van der Waals surface area contributed by atoms with E-state index in [2.05, 4.69) is 5.32 Å². The van der Waals surface area contributed by atoms with Crippen LogP contribution in [0, 0.1) is 5.92 Å². The highest BCUT2D eigenvalue weighted by molar-refractivity contribution is 5.96. The lowest BCUT2D eigenvalue weighted by Crippen LogP contribution is -2.46. The van der Waals surface area contributed by atoms with Crippen LogP contribution in [-0.4, -0.2) is 42.1 Å². The minimum Gasteiger partial charge on any atom is -0.343 e. The molecule has 1 aliphatic heterocycles. The van der Waals surface area contributed by atoms with E-state index >= 15 is 0 Å². The Morgan fingerprint density at radius 2 is 1.63 bits per heavy atom. The molecule has 27 heavy (non-hydrogen) atoms. The predicted octanol–water partition coefficient (Wildman–Crippen LogP) is 2.47. The number of nitrogens with zero attached hydrogens (tertiary/aromatic N) is 1. The van der Waals surface area contributed by atoms with Gasteiger partial charge in [0, 0.05) is 31.0 Å². The Morgan fingerprint density at radius 1 is 0.963 bits per heavy atom. The van der Waals surface area contributed by atoms with Crippen LogP contribution in [-0.2, 0) is 16.0 Å². The Labute approximate surface area is 159 Å². The van der Waals surface area contributed by atoms with Gasteiger partial charge in [0.05, 0.1) is 6.54 Å². The second kappa shape index (κ2) is 9.12. The molecule has 3 rings (SSSR count). The minimum absolute atomic E-state index is 0.0483. The van der Waals surface area contributed by atoms with Crippen molar-refractivity contribution in [1.29, 1.82) is 0 Å². The molecule has 1 saturated heterocycles. The summed E-state index contributed by atoms with van der Waals surface area (Å²) in [6.07, 6.45) is 2.02. The van der Waals surface area contributed by atoms with Crippen molar-refractivity contribution < 1.29 is 14.4 Å². The van der Waals surface area contributed by atoms with Gasteiger partial charge in [-0.2, -0.15) is 0 Å². The molecular formula is C22H24N2O3. The number of likely N-dealkylation sites (tertiary alicyclic amines) is 1. The number of hydrogen-bond donors (Lipinski definition) is 1. The maximum absolute atomic E-state index is 12.6. The van der Waals surface area contributed by atoms with Crippen LogP contribution in [0.15, 0.2) is 60.7 Å². The van der Waals surface area contributed by atoms with Crippen LogP contribution in [0.4, 0.5) is 0 Å². The number of amides is 2. The second-order valence-electron chi connectivity index (χ2n) is 6.86. The zero-order valence-corrected chi connectivity index (χ0v) is 15.3. The number of carbonyl (C=O) groups is 3. The summed E-state index contributed by atoms with van der Waals surface area (Å²) in [5, 5.41) is 2.66. The average Bonchev–Trinajstić information content (AvgIpc) is 2.73. The van der Waals surface area contributed by atoms with Crippen molar-refractivity contribution in [3.8, 4) is 0 Å². The number of Topliss-reactive ketones (excluding diaryl/α,β-unsaturated/α-hetero) is 1. The van der Waals surface area contributed by atoms with E-state index in [9.17, 15) is 14.4 Å². The highest BCUT2D eigenvalue weighted by Crippen LogP contribution is 2.19. The Balaban J connectivity index is 1.50. The minimum atomic E-state index is -0.266. The van der Waals surface area contributed by atoms with E-state index < -0.39 is 0 Å². The van der Waals surface area contributed by atoms with Crippen molar-refractivity contribution in [2.75, 3.05) is 19.6 Å². The molecule has 2 aromatic rings. The van der Waals surface area contributed by atoms with Gasteiger partial charge in [-0.1, -0.05) is 48.5 Å². The summed E-state index contributed by atoms with van der Waals surface area (Å²) in [5.41, 5.74) is 1.53. The van der Waals surface area contributed by atoms with E-state index in [1.807, 2.05) is 36.4 Å². The molecule has 1 heterocycles. The average molecular weight is 364 g/mol. The molecule has 140 valence electrons. The van der Waals surface area contributed by atoms with Crippen molar-refractivity contribution in [2.24, 2.45) is 5.92 Å². The van der Waals surface area contributed by atoms with Crippen LogP contribution in [0.25, 0.3) is 0 Å². The molecule has 0 saturated carbocycles. The van der Waals surface area contributed by atoms with Gasteiger partial charge in [0.15, 0.2) is 0 Å². The summed E-state index contributed by atoms with van der Waals surface area (Å²) in [7, 11) is 0. The van der Waals surface area contributed by atoms with Crippen LogP contribution >= 0.6 is 0 Å². The summed E-state index contributed by atoms with van der Waals surface area (Å²) < 4.78 is 0. The molecule has 0 bridgehead atoms. The van der Waals surface area contributed by atoms with Crippen LogP contribution in [0.3, 0.4) is 0 Å². The quantitative estimate of drug-likeness (QED) is 0.856. The van der Waals surface area contributed by atoms with E-state index in [4.69, 9.17) is 0 Å². The lowest BCUT2D eigenvalue weighted by Gasteiger charge is -2.32. The monoisotopic (exact) mass is 364 g/mol. The van der Waals surface area contributed by atoms with E-state index in [-0.39, 0.29) is 30.1 Å². The van der Waals surface area contributed by atoms with E-state index in [1.165, 1.54) is 0 Å². The molecule has 2 aromatic carbocycles. The van der Waals surface area contributed by atoms with Gasteiger partial charge in [-0.3, -0.25) is 14.4 Å². The summed E-state index contributed by atoms with van der Waals surface area (Å²) in [5.74, 6) is -0.367. The first-order chi connectivity index (χ1) is 13.1. The van der Waals surface area contributed by atoms with Crippen molar-refractivity contribution >= 4 is 17.6 Å². The molecule has 1 N–H and O–H groups in total. The smallest absolute Gasteiger partial charge is 0.251 e. The van der Waals surface area contributed by atoms with Gasteiger partial charge in [-0.05, 0) is 30.5 Å². The van der Waals surface area contributed by atoms with E-state index in [0.29, 0.717) is 25.1 Å². The highest BCUT2D eigenvalue weighted by Gasteiger charge is 2.28. The van der Waals surface area contributed by atoms with Crippen LogP contribution < -0.4 is 5.32 Å². The van der Waals surface area contributed by atoms with Gasteiger partial charge in [-0.15, -0.1) is 0 Å². The Kier molecular flexibility index (Phi) is 6.36. The summed E-state index contributed by atoms with van der Waals surface area (Å²) >= 11 is 0. The molecule has 5 heteroatoms. The third kappa shape index (κ3) is 5.26. The van der Waals surface area contributed by atoms with Crippen molar-refractivity contribution in [3.05, 3.63) is 71.8 Å². The van der Waals surface area contributed by atoms with Gasteiger partial charge in [0.1, 0.15) is 5.78 Å². The van der Waals surface area contributed by atoms with Crippen molar-refractivity contribution in [1.82, 2.24) is 10.2 Å². The zero-order valence-electron chi connectivity index (χ0n) is 15.3. The molecule has 1 unspecified atom stereocenters. The Hall–Kier alpha value is -2.95. The van der Waals surface area contributed by atoms with Gasteiger partial charge >= 0.3 is 0 Å². The molecule has 2 amide bonds. The number of ketones is 1. The maximum Gasteiger partial charge on any atom is 0.251 e. The highest BCUT2D eigenvalue weighted by atomic mass is 16.2. The topological polar surface area (TPSA) is 66.5 Å². The van der Waals surface area contributed by atoms with E-state index in [0.717, 1.165) is 18.4 Å². The molecule has 5 nitrogen and oxygen atoms in total. The third-order valence-electron chi connectivity index (χ3n) is 4.89. The lowest BCUT2D eigenvalue weighted by atomic mass is 9.90. The fraction of sp³-hybridized carbons (Fsp3) is 0.318. The number of hydrogen-bond acceptors (Lipinski definition) is 3. The third-order valence-corrected chi connectivity index (χ3v) is 4.89. The number of carbonyl (C=O) groups excluding carboxylic acids is 3. The normalized spacial score (nSPS) is 16.6. The second-order valence-corrected chi connectivity index (χ2v) is 6.86. The van der Waals surface area contributed by atoms with Gasteiger partial charge in [0.2, 0.25) is 5.91 Å². The Morgan fingerprint density at radius 3 is 2.33 bits per heavy atom. The molecule has 1 fully saturated rings. The fourth-order valence-electron chi connectivity index (χ4n) is 3.37. The number of piperidine rings is 1. The first kappa shape index (κ1) is 18.8. The van der Waals surface area contributed by atoms with E-state index in [1.54, 1.807) is 29.2 Å². The molecule has 0 spiro atoms. The number of nitrogens with one attached hydrogen (secondary N) is 1. The van der Waals surface area contributed by atoms with Crippen LogP contribution in [0.1, 0.15) is 28.8 Å². The lowest BCUT2D eigenvalue weighted by molar-refractivity contribution is -0.134. The first-order valence-electron chi connectivity index (χ1n) is 9.31. The Bertz CT molecular complexity index is 790. The number of benzene rings is 2. The van der Waals surface area contributed by atoms with Crippen molar-refractivity contribution in [2.45, 2.75) is 19.3 Å². The largest absolute Gasteiger partial charge is 0.343 e. The van der Waals surface area contributed by atoms with Gasteiger partial charge in [-0.25, -0.2) is 0 Å². The van der Waals surface area contributed by atoms with Crippen LogP contribution in [0.5, 0.6) is 0 Å². The maximum atomic E-state index is 12.6. The van der Waals surface area contributed by atoms with Crippen molar-refractivity contribution in [3.63, 3.8) is 0 Å². The summed E-state index contributed by atoms with van der Waals surface area (Å²) in [6.45, 7) is 1.02. The molecule has 1 aliphatic rings. The standard InChI is InChI=1S/C22H24N2O3/c25-20(14-17-8-3-1-4-9-17)19-12-7-13-24(16-19)21(26)15-23-22(27)18-10-5-2-6-11-18/h1-6,8-11,19H,7,12-16H2,(H,23,27). The molecule has 0 aliphatic carbocycles. The van der Waals surface area contributed by atoms with Gasteiger partial charge < -0.3 is 10.2 Å². The van der Waals surface area contributed by atoms with Crippen LogP contribution in [0.2, 0.25) is 0 Å². The fourth-order valence-corrected chi connectivity index (χ4v) is 3.37. The van der Waals surface area contributed by atoms with Gasteiger partial charge in [0.25, 0.3) is 5.91 Å². The summed E-state index contributed by atoms with van der Waals surface area (Å²) in [6, 6.07) is 18.5. The molecule has 0 radical (unpaired) electrons. The predicted molar refractivity (Wildman–Crippen MR) is 103 cm³/mol. The first-order valence-corrected chi connectivity index (χ1v) is 9.31. The number of rotatable bonds is 6. The summed E-state index contributed by atoms with van der Waals surface area (Å²) in [4.78, 5) is 38.8. The zero-order chi connectivity index (χ0) is 19.1. The molecular weight excluding hydrogens is 340 g/mol.